The summed E-state index contributed by atoms with van der Waals surface area (Å²) in [5.74, 6) is 0.808. The van der Waals surface area contributed by atoms with Gasteiger partial charge in [-0.2, -0.15) is 0 Å². The summed E-state index contributed by atoms with van der Waals surface area (Å²) in [4.78, 5) is 4.82. The zero-order valence-electron chi connectivity index (χ0n) is 15.9. The molecule has 0 saturated heterocycles. The Hall–Kier alpha value is -2.65. The first kappa shape index (κ1) is 17.7. The third-order valence-corrected chi connectivity index (χ3v) is 7.45. The molecular weight excluding hydrogens is 346 g/mol. The van der Waals surface area contributed by atoms with Gasteiger partial charge in [0.15, 0.2) is 0 Å². The van der Waals surface area contributed by atoms with Crippen LogP contribution < -0.4 is 5.19 Å². The topological polar surface area (TPSA) is 21.6 Å². The molecule has 0 bridgehead atoms. The molecule has 3 aromatic rings. The lowest BCUT2D eigenvalue weighted by Crippen LogP contribution is -2.28. The Morgan fingerprint density at radius 2 is 1.37 bits per heavy atom. The van der Waals surface area contributed by atoms with Gasteiger partial charge >= 0.3 is 0 Å². The third kappa shape index (κ3) is 4.04. The number of hydrogen-bond acceptors (Lipinski definition) is 2. The van der Waals surface area contributed by atoms with Gasteiger partial charge in [0.25, 0.3) is 0 Å². The fourth-order valence-corrected chi connectivity index (χ4v) is 5.86. The van der Waals surface area contributed by atoms with E-state index in [9.17, 15) is 0 Å². The van der Waals surface area contributed by atoms with Crippen molar-refractivity contribution in [2.75, 3.05) is 6.61 Å². The molecule has 0 amide bonds. The number of nitrogens with zero attached hydrogens (tertiary/aromatic N) is 1. The van der Waals surface area contributed by atoms with Crippen molar-refractivity contribution in [1.82, 2.24) is 0 Å². The minimum atomic E-state index is -0.654. The molecule has 27 heavy (non-hydrogen) atoms. The quantitative estimate of drug-likeness (QED) is 0.625. The maximum atomic E-state index is 5.96. The highest BCUT2D eigenvalue weighted by Gasteiger charge is 2.28. The van der Waals surface area contributed by atoms with Gasteiger partial charge in [-0.3, -0.25) is 0 Å². The van der Waals surface area contributed by atoms with E-state index in [1.165, 1.54) is 21.9 Å². The number of ether oxygens (including phenoxy) is 1. The molecule has 3 heteroatoms. The summed E-state index contributed by atoms with van der Waals surface area (Å²) in [7, 11) is -0.654. The molecule has 3 aromatic carbocycles. The van der Waals surface area contributed by atoms with Crippen LogP contribution in [0.25, 0.3) is 0 Å². The minimum Gasteiger partial charge on any atom is -0.475 e. The van der Waals surface area contributed by atoms with Crippen molar-refractivity contribution >= 4 is 20.6 Å². The molecule has 0 unspecified atom stereocenters. The Bertz CT molecular complexity index is 895. The van der Waals surface area contributed by atoms with Gasteiger partial charge in [-0.05, 0) is 31.0 Å². The van der Waals surface area contributed by atoms with Gasteiger partial charge in [-0.15, -0.1) is 0 Å². The van der Waals surface area contributed by atoms with Gasteiger partial charge in [-0.25, -0.2) is 4.99 Å². The van der Waals surface area contributed by atoms with E-state index >= 15 is 0 Å². The SMILES string of the molecule is CC1(C)COC(c2ccccc2[SiH2]C(c2ccccc2)c2ccccc2)=N1. The Balaban J connectivity index is 1.73. The molecule has 0 aliphatic carbocycles. The summed E-state index contributed by atoms with van der Waals surface area (Å²) in [6, 6.07) is 30.4. The van der Waals surface area contributed by atoms with E-state index in [1.54, 1.807) is 0 Å². The van der Waals surface area contributed by atoms with E-state index in [0.29, 0.717) is 12.1 Å². The highest BCUT2D eigenvalue weighted by Crippen LogP contribution is 2.25. The van der Waals surface area contributed by atoms with Crippen LogP contribution in [0.1, 0.15) is 36.1 Å². The molecule has 0 radical (unpaired) electrons. The molecule has 1 aliphatic heterocycles. The Labute approximate surface area is 163 Å². The number of rotatable bonds is 5. The van der Waals surface area contributed by atoms with Crippen LogP contribution in [0.3, 0.4) is 0 Å². The first-order valence-electron chi connectivity index (χ1n) is 9.53. The molecule has 0 N–H and O–H groups in total. The normalized spacial score (nSPS) is 15.9. The lowest BCUT2D eigenvalue weighted by atomic mass is 10.0. The van der Waals surface area contributed by atoms with Crippen LogP contribution in [0, 0.1) is 0 Å². The van der Waals surface area contributed by atoms with Crippen molar-refractivity contribution in [3.05, 3.63) is 102 Å². The predicted molar refractivity (Wildman–Crippen MR) is 116 cm³/mol. The second-order valence-electron chi connectivity index (χ2n) is 7.75. The van der Waals surface area contributed by atoms with Crippen molar-refractivity contribution in [2.45, 2.75) is 24.9 Å². The smallest absolute Gasteiger partial charge is 0.216 e. The van der Waals surface area contributed by atoms with E-state index in [-0.39, 0.29) is 5.54 Å². The van der Waals surface area contributed by atoms with Crippen molar-refractivity contribution in [3.63, 3.8) is 0 Å². The lowest BCUT2D eigenvalue weighted by Gasteiger charge is -2.19. The van der Waals surface area contributed by atoms with Gasteiger partial charge < -0.3 is 4.74 Å². The summed E-state index contributed by atoms with van der Waals surface area (Å²) in [6.07, 6.45) is 0. The first-order valence-corrected chi connectivity index (χ1v) is 11.1. The molecular formula is C24H25NOSi. The Kier molecular flexibility index (Phi) is 4.95. The zero-order valence-corrected chi connectivity index (χ0v) is 17.3. The van der Waals surface area contributed by atoms with Crippen molar-refractivity contribution in [1.29, 1.82) is 0 Å². The molecule has 0 fully saturated rings. The lowest BCUT2D eigenvalue weighted by molar-refractivity contribution is 0.279. The van der Waals surface area contributed by atoms with Crippen molar-refractivity contribution in [3.8, 4) is 0 Å². The molecule has 0 aromatic heterocycles. The molecule has 136 valence electrons. The van der Waals surface area contributed by atoms with Crippen LogP contribution in [0.5, 0.6) is 0 Å². The Morgan fingerprint density at radius 1 is 0.815 bits per heavy atom. The third-order valence-electron chi connectivity index (χ3n) is 5.04. The molecule has 0 saturated carbocycles. The summed E-state index contributed by atoms with van der Waals surface area (Å²) < 4.78 is 5.96. The predicted octanol–water partition coefficient (Wildman–Crippen LogP) is 3.83. The van der Waals surface area contributed by atoms with E-state index in [4.69, 9.17) is 9.73 Å². The summed E-state index contributed by atoms with van der Waals surface area (Å²) in [5, 5.41) is 1.41. The van der Waals surface area contributed by atoms with Gasteiger partial charge in [0.1, 0.15) is 6.61 Å². The molecule has 4 rings (SSSR count). The van der Waals surface area contributed by atoms with Crippen LogP contribution >= 0.6 is 0 Å². The summed E-state index contributed by atoms with van der Waals surface area (Å²) in [6.45, 7) is 4.90. The van der Waals surface area contributed by atoms with Crippen LogP contribution in [0.4, 0.5) is 0 Å². The molecule has 1 heterocycles. The van der Waals surface area contributed by atoms with E-state index in [2.05, 4.69) is 98.8 Å². The minimum absolute atomic E-state index is 0.137. The maximum Gasteiger partial charge on any atom is 0.216 e. The average Bonchev–Trinajstić information content (AvgIpc) is 3.07. The molecule has 0 spiro atoms. The second-order valence-corrected chi connectivity index (χ2v) is 9.74. The maximum absolute atomic E-state index is 5.96. The fourth-order valence-electron chi connectivity index (χ4n) is 3.65. The molecule has 0 atom stereocenters. The van der Waals surface area contributed by atoms with Gasteiger partial charge in [0, 0.05) is 11.1 Å². The number of benzene rings is 3. The van der Waals surface area contributed by atoms with E-state index < -0.39 is 9.52 Å². The van der Waals surface area contributed by atoms with Crippen molar-refractivity contribution in [2.24, 2.45) is 4.99 Å². The second kappa shape index (κ2) is 7.53. The van der Waals surface area contributed by atoms with E-state index in [1.807, 2.05) is 0 Å². The van der Waals surface area contributed by atoms with Crippen molar-refractivity contribution < 1.29 is 4.74 Å². The standard InChI is InChI=1S/C24H25NOSi/c1-24(2)17-26-23(25-24)20-15-9-10-16-21(20)27-22(18-11-5-3-6-12-18)19-13-7-4-8-14-19/h3-16,22H,17,27H2,1-2H3. The summed E-state index contributed by atoms with van der Waals surface area (Å²) >= 11 is 0. The zero-order chi connectivity index (χ0) is 18.7. The molecule has 2 nitrogen and oxygen atoms in total. The first-order chi connectivity index (χ1) is 13.1. The number of hydrogen-bond donors (Lipinski definition) is 0. The van der Waals surface area contributed by atoms with Gasteiger partial charge in [0.05, 0.1) is 15.1 Å². The average molecular weight is 372 g/mol. The monoisotopic (exact) mass is 371 g/mol. The van der Waals surface area contributed by atoms with E-state index in [0.717, 1.165) is 5.90 Å². The van der Waals surface area contributed by atoms with Crippen LogP contribution in [-0.2, 0) is 4.74 Å². The number of aliphatic imine (C=N–C) groups is 1. The fraction of sp³-hybridized carbons (Fsp3) is 0.208. The van der Waals surface area contributed by atoms with Gasteiger partial charge in [0.2, 0.25) is 5.90 Å². The van der Waals surface area contributed by atoms with Crippen LogP contribution in [-0.4, -0.2) is 27.6 Å². The van der Waals surface area contributed by atoms with Crippen LogP contribution in [0.2, 0.25) is 0 Å². The Morgan fingerprint density at radius 3 is 1.93 bits per heavy atom. The highest BCUT2D eigenvalue weighted by atomic mass is 28.2. The summed E-state index contributed by atoms with van der Waals surface area (Å²) in [5.41, 5.74) is 4.25. The molecule has 1 aliphatic rings. The van der Waals surface area contributed by atoms with Gasteiger partial charge in [-0.1, -0.05) is 84.0 Å². The highest BCUT2D eigenvalue weighted by molar-refractivity contribution is 6.57. The largest absolute Gasteiger partial charge is 0.475 e. The van der Waals surface area contributed by atoms with Crippen LogP contribution in [0.15, 0.2) is 89.9 Å².